The number of nitrogens with zero attached hydrogens (tertiary/aromatic N) is 3. The highest BCUT2D eigenvalue weighted by molar-refractivity contribution is 8.00. The van der Waals surface area contributed by atoms with Crippen molar-refractivity contribution in [3.05, 3.63) is 35.1 Å². The number of thioether (sulfide) groups is 1. The van der Waals surface area contributed by atoms with Crippen molar-refractivity contribution in [3.8, 4) is 5.75 Å². The monoisotopic (exact) mass is 366 g/mol. The molecule has 6 nitrogen and oxygen atoms in total. The lowest BCUT2D eigenvalue weighted by atomic mass is 10.3. The maximum Gasteiger partial charge on any atom is 0.233 e. The molecular formula is C16H19ClN4O2S. The molecule has 24 heavy (non-hydrogen) atoms. The number of nitrogens with one attached hydrogen (secondary N) is 1. The maximum absolute atomic E-state index is 12.0. The van der Waals surface area contributed by atoms with Crippen LogP contribution in [0, 0.1) is 0 Å². The Balaban J connectivity index is 1.56. The van der Waals surface area contributed by atoms with Crippen LogP contribution >= 0.6 is 23.4 Å². The van der Waals surface area contributed by atoms with Gasteiger partial charge in [0.15, 0.2) is 11.0 Å². The van der Waals surface area contributed by atoms with Crippen LogP contribution in [0.25, 0.3) is 0 Å². The molecule has 0 aliphatic heterocycles. The molecule has 1 N–H and O–H groups in total. The fourth-order valence-electron chi connectivity index (χ4n) is 2.01. The van der Waals surface area contributed by atoms with E-state index in [4.69, 9.17) is 16.3 Å². The molecule has 1 aliphatic carbocycles. The molecule has 1 heterocycles. The molecule has 8 heteroatoms. The van der Waals surface area contributed by atoms with Gasteiger partial charge in [-0.25, -0.2) is 0 Å². The fourth-order valence-corrected chi connectivity index (χ4v) is 2.98. The summed E-state index contributed by atoms with van der Waals surface area (Å²) in [4.78, 5) is 12.0. The van der Waals surface area contributed by atoms with Gasteiger partial charge in [0.05, 0.1) is 5.25 Å². The summed E-state index contributed by atoms with van der Waals surface area (Å²) in [5.41, 5.74) is 0. The highest BCUT2D eigenvalue weighted by Gasteiger charge is 2.27. The van der Waals surface area contributed by atoms with E-state index in [1.165, 1.54) is 11.8 Å². The molecule has 3 rings (SSSR count). The number of hydrogen-bond donors (Lipinski definition) is 1. The molecule has 1 amide bonds. The molecule has 1 aromatic carbocycles. The van der Waals surface area contributed by atoms with Gasteiger partial charge in [-0.2, -0.15) is 0 Å². The van der Waals surface area contributed by atoms with Gasteiger partial charge >= 0.3 is 0 Å². The lowest BCUT2D eigenvalue weighted by molar-refractivity contribution is -0.120. The van der Waals surface area contributed by atoms with Crippen LogP contribution in [0.5, 0.6) is 5.75 Å². The van der Waals surface area contributed by atoms with Crippen molar-refractivity contribution in [2.24, 2.45) is 7.05 Å². The first-order valence-corrected chi connectivity index (χ1v) is 9.02. The smallest absolute Gasteiger partial charge is 0.233 e. The molecule has 0 radical (unpaired) electrons. The molecule has 1 aromatic heterocycles. The zero-order valence-electron chi connectivity index (χ0n) is 13.5. The average molecular weight is 367 g/mol. The van der Waals surface area contributed by atoms with Crippen molar-refractivity contribution in [1.29, 1.82) is 0 Å². The number of carbonyl (C=O) groups is 1. The summed E-state index contributed by atoms with van der Waals surface area (Å²) in [6, 6.07) is 7.52. The molecule has 1 saturated carbocycles. The van der Waals surface area contributed by atoms with Gasteiger partial charge in [0, 0.05) is 18.1 Å². The molecule has 128 valence electrons. The summed E-state index contributed by atoms with van der Waals surface area (Å²) >= 11 is 7.25. The van der Waals surface area contributed by atoms with Gasteiger partial charge in [-0.3, -0.25) is 4.79 Å². The second-order valence-electron chi connectivity index (χ2n) is 5.74. The van der Waals surface area contributed by atoms with E-state index >= 15 is 0 Å². The number of benzene rings is 1. The fraction of sp³-hybridized carbons (Fsp3) is 0.438. The summed E-state index contributed by atoms with van der Waals surface area (Å²) in [5, 5.41) is 12.4. The second-order valence-corrected chi connectivity index (χ2v) is 7.49. The summed E-state index contributed by atoms with van der Waals surface area (Å²) in [6.07, 6.45) is 2.17. The Morgan fingerprint density at radius 1 is 1.42 bits per heavy atom. The van der Waals surface area contributed by atoms with Gasteiger partial charge in [-0.1, -0.05) is 23.4 Å². The number of ether oxygens (including phenoxy) is 1. The first kappa shape index (κ1) is 17.1. The highest BCUT2D eigenvalue weighted by atomic mass is 35.5. The van der Waals surface area contributed by atoms with Gasteiger partial charge in [-0.15, -0.1) is 10.2 Å². The number of amides is 1. The maximum atomic E-state index is 12.0. The molecule has 0 bridgehead atoms. The third-order valence-electron chi connectivity index (χ3n) is 3.68. The van der Waals surface area contributed by atoms with Crippen LogP contribution in [0.1, 0.15) is 25.6 Å². The summed E-state index contributed by atoms with van der Waals surface area (Å²) < 4.78 is 7.53. The Labute approximate surface area is 149 Å². The summed E-state index contributed by atoms with van der Waals surface area (Å²) in [7, 11) is 1.87. The van der Waals surface area contributed by atoms with E-state index in [1.807, 2.05) is 18.5 Å². The van der Waals surface area contributed by atoms with Crippen LogP contribution in [0.3, 0.4) is 0 Å². The van der Waals surface area contributed by atoms with Crippen LogP contribution in [-0.4, -0.2) is 32.0 Å². The van der Waals surface area contributed by atoms with Gasteiger partial charge in [0.1, 0.15) is 12.4 Å². The minimum absolute atomic E-state index is 0.0458. The first-order valence-electron chi connectivity index (χ1n) is 7.76. The zero-order chi connectivity index (χ0) is 17.1. The largest absolute Gasteiger partial charge is 0.486 e. The van der Waals surface area contributed by atoms with Crippen LogP contribution in [0.2, 0.25) is 5.02 Å². The Morgan fingerprint density at radius 2 is 2.12 bits per heavy atom. The predicted molar refractivity (Wildman–Crippen MR) is 93.3 cm³/mol. The number of aromatic nitrogens is 3. The number of hydrogen-bond acceptors (Lipinski definition) is 5. The Bertz CT molecular complexity index is 715. The summed E-state index contributed by atoms with van der Waals surface area (Å²) in [5.74, 6) is 1.46. The lowest BCUT2D eigenvalue weighted by Crippen LogP contribution is -2.32. The lowest BCUT2D eigenvalue weighted by Gasteiger charge is -2.11. The van der Waals surface area contributed by atoms with E-state index in [0.717, 1.165) is 12.8 Å². The van der Waals surface area contributed by atoms with Crippen molar-refractivity contribution < 1.29 is 9.53 Å². The molecular weight excluding hydrogens is 348 g/mol. The third kappa shape index (κ3) is 4.42. The second kappa shape index (κ2) is 7.44. The Hall–Kier alpha value is -1.73. The number of rotatable bonds is 7. The zero-order valence-corrected chi connectivity index (χ0v) is 15.1. The van der Waals surface area contributed by atoms with E-state index in [1.54, 1.807) is 24.3 Å². The number of halogens is 1. The quantitative estimate of drug-likeness (QED) is 0.763. The molecule has 0 saturated heterocycles. The van der Waals surface area contributed by atoms with Crippen molar-refractivity contribution in [3.63, 3.8) is 0 Å². The molecule has 0 unspecified atom stereocenters. The summed E-state index contributed by atoms with van der Waals surface area (Å²) in [6.45, 7) is 2.18. The minimum Gasteiger partial charge on any atom is -0.486 e. The average Bonchev–Trinajstić information content (AvgIpc) is 3.32. The van der Waals surface area contributed by atoms with Crippen molar-refractivity contribution >= 4 is 29.3 Å². The number of carbonyl (C=O) groups excluding carboxylic acids is 1. The predicted octanol–water partition coefficient (Wildman–Crippen LogP) is 2.81. The molecule has 1 atom stereocenters. The third-order valence-corrected chi connectivity index (χ3v) is 5.07. The van der Waals surface area contributed by atoms with Crippen molar-refractivity contribution in [2.45, 2.75) is 42.8 Å². The van der Waals surface area contributed by atoms with E-state index in [-0.39, 0.29) is 11.2 Å². The van der Waals surface area contributed by atoms with Gasteiger partial charge in [0.2, 0.25) is 5.91 Å². The Kier molecular flexibility index (Phi) is 5.30. The van der Waals surface area contributed by atoms with E-state index < -0.39 is 0 Å². The van der Waals surface area contributed by atoms with Gasteiger partial charge in [0.25, 0.3) is 0 Å². The van der Waals surface area contributed by atoms with E-state index in [2.05, 4.69) is 15.5 Å². The van der Waals surface area contributed by atoms with Crippen molar-refractivity contribution in [2.75, 3.05) is 0 Å². The molecule has 0 spiro atoms. The van der Waals surface area contributed by atoms with Gasteiger partial charge in [-0.05, 0) is 44.0 Å². The van der Waals surface area contributed by atoms with Crippen LogP contribution in [0.4, 0.5) is 0 Å². The van der Waals surface area contributed by atoms with Crippen molar-refractivity contribution in [1.82, 2.24) is 20.1 Å². The van der Waals surface area contributed by atoms with Crippen LogP contribution < -0.4 is 10.1 Å². The highest BCUT2D eigenvalue weighted by Crippen LogP contribution is 2.24. The van der Waals surface area contributed by atoms with Crippen LogP contribution in [-0.2, 0) is 18.4 Å². The minimum atomic E-state index is -0.210. The normalized spacial score (nSPS) is 15.1. The molecule has 2 aromatic rings. The first-order chi connectivity index (χ1) is 11.5. The van der Waals surface area contributed by atoms with Crippen LogP contribution in [0.15, 0.2) is 29.4 Å². The van der Waals surface area contributed by atoms with Gasteiger partial charge < -0.3 is 14.6 Å². The SMILES string of the molecule is C[C@@H](Sc1nnc(COc2ccc(Cl)cc2)n1C)C(=O)NC1CC1. The molecule has 1 aliphatic rings. The van der Waals surface area contributed by atoms with E-state index in [0.29, 0.717) is 34.4 Å². The van der Waals surface area contributed by atoms with E-state index in [9.17, 15) is 4.79 Å². The Morgan fingerprint density at radius 3 is 2.79 bits per heavy atom. The standard InChI is InChI=1S/C16H19ClN4O2S/c1-10(15(22)18-12-5-6-12)24-16-20-19-14(21(16)2)9-23-13-7-3-11(17)4-8-13/h3-4,7-8,10,12H,5-6,9H2,1-2H3,(H,18,22)/t10-/m1/s1. The molecule has 1 fully saturated rings. The topological polar surface area (TPSA) is 69.0 Å².